The largest absolute Gasteiger partial charge is 0.486 e. The summed E-state index contributed by atoms with van der Waals surface area (Å²) in [6.45, 7) is 9.78. The second kappa shape index (κ2) is 15.8. The predicted molar refractivity (Wildman–Crippen MR) is 139 cm³/mol. The normalized spacial score (nSPS) is 17.6. The van der Waals surface area contributed by atoms with Crippen LogP contribution in [-0.2, 0) is 9.53 Å². The molecule has 0 bridgehead atoms. The van der Waals surface area contributed by atoms with Crippen molar-refractivity contribution in [2.45, 2.75) is 73.1 Å². The summed E-state index contributed by atoms with van der Waals surface area (Å²) < 4.78 is 21.5. The Balaban J connectivity index is 3.08. The van der Waals surface area contributed by atoms with Crippen molar-refractivity contribution in [1.29, 1.82) is 0 Å². The van der Waals surface area contributed by atoms with Gasteiger partial charge < -0.3 is 15.6 Å². The SMILES string of the molecule is C/C=C(\C(OCC(/C=C(\C)CC(=O)O)=C/C)=C(\F)CC(C)=N/C=C(/N)CN=CCC)C1CCC1. The van der Waals surface area contributed by atoms with Crippen LogP contribution in [0.25, 0.3) is 0 Å². The molecule has 1 aliphatic carbocycles. The van der Waals surface area contributed by atoms with Crippen molar-refractivity contribution in [2.24, 2.45) is 21.6 Å². The Labute approximate surface area is 203 Å². The summed E-state index contributed by atoms with van der Waals surface area (Å²) in [6.07, 6.45) is 12.8. The van der Waals surface area contributed by atoms with E-state index in [9.17, 15) is 4.79 Å². The van der Waals surface area contributed by atoms with Crippen molar-refractivity contribution >= 4 is 17.9 Å². The van der Waals surface area contributed by atoms with Gasteiger partial charge in [0.2, 0.25) is 0 Å². The van der Waals surface area contributed by atoms with Crippen LogP contribution in [0.5, 0.6) is 0 Å². The lowest BCUT2D eigenvalue weighted by molar-refractivity contribution is -0.136. The number of carboxylic acids is 1. The van der Waals surface area contributed by atoms with E-state index in [2.05, 4.69) is 9.98 Å². The highest BCUT2D eigenvalue weighted by Crippen LogP contribution is 2.39. The Bertz CT molecular complexity index is 904. The molecule has 1 saturated carbocycles. The Kier molecular flexibility index (Phi) is 13.5. The van der Waals surface area contributed by atoms with Crippen molar-refractivity contribution in [3.8, 4) is 0 Å². The summed E-state index contributed by atoms with van der Waals surface area (Å²) in [7, 11) is 0. The lowest BCUT2D eigenvalue weighted by Crippen LogP contribution is -2.18. The van der Waals surface area contributed by atoms with Gasteiger partial charge in [0.15, 0.2) is 5.76 Å². The van der Waals surface area contributed by atoms with E-state index in [1.807, 2.05) is 32.9 Å². The summed E-state index contributed by atoms with van der Waals surface area (Å²) >= 11 is 0. The average Bonchev–Trinajstić information content (AvgIpc) is 2.74. The van der Waals surface area contributed by atoms with Crippen LogP contribution in [0.1, 0.15) is 73.1 Å². The maximum Gasteiger partial charge on any atom is 0.307 e. The van der Waals surface area contributed by atoms with E-state index in [-0.39, 0.29) is 37.0 Å². The number of allylic oxidation sites excluding steroid dienone is 4. The molecule has 1 aliphatic rings. The first-order chi connectivity index (χ1) is 16.2. The number of aliphatic imine (C=N–C) groups is 2. The first-order valence-corrected chi connectivity index (χ1v) is 11.9. The third-order valence-corrected chi connectivity index (χ3v) is 5.43. The highest BCUT2D eigenvalue weighted by atomic mass is 19.1. The van der Waals surface area contributed by atoms with E-state index in [0.29, 0.717) is 23.5 Å². The first kappa shape index (κ1) is 29.1. The van der Waals surface area contributed by atoms with Gasteiger partial charge in [-0.05, 0) is 70.2 Å². The minimum Gasteiger partial charge on any atom is -0.486 e. The second-order valence-corrected chi connectivity index (χ2v) is 8.50. The Morgan fingerprint density at radius 2 is 1.91 bits per heavy atom. The summed E-state index contributed by atoms with van der Waals surface area (Å²) in [5, 5.41) is 8.99. The first-order valence-electron chi connectivity index (χ1n) is 11.9. The molecule has 1 rings (SSSR count). The molecule has 188 valence electrons. The van der Waals surface area contributed by atoms with E-state index in [1.54, 1.807) is 26.1 Å². The van der Waals surface area contributed by atoms with Crippen LogP contribution in [-0.4, -0.2) is 36.2 Å². The minimum atomic E-state index is -0.889. The molecule has 1 fully saturated rings. The third-order valence-electron chi connectivity index (χ3n) is 5.43. The molecule has 0 aromatic heterocycles. The Hall–Kier alpha value is -2.96. The fraction of sp³-hybridized carbons (Fsp3) is 0.519. The van der Waals surface area contributed by atoms with Crippen LogP contribution in [0.15, 0.2) is 68.4 Å². The lowest BCUT2D eigenvalue weighted by atomic mass is 9.78. The number of rotatable bonds is 14. The number of nitrogens with two attached hydrogens (primary N) is 1. The third kappa shape index (κ3) is 10.8. The molecule has 0 saturated heterocycles. The van der Waals surface area contributed by atoms with Crippen molar-refractivity contribution in [3.05, 3.63) is 58.4 Å². The predicted octanol–water partition coefficient (Wildman–Crippen LogP) is 6.43. The van der Waals surface area contributed by atoms with Gasteiger partial charge in [-0.15, -0.1) is 0 Å². The molecule has 0 amide bonds. The van der Waals surface area contributed by atoms with Crippen molar-refractivity contribution in [3.63, 3.8) is 0 Å². The van der Waals surface area contributed by atoms with Gasteiger partial charge in [-0.1, -0.05) is 37.1 Å². The molecule has 0 aliphatic heterocycles. The van der Waals surface area contributed by atoms with Gasteiger partial charge in [0.05, 0.1) is 13.0 Å². The van der Waals surface area contributed by atoms with E-state index in [0.717, 1.165) is 36.8 Å². The highest BCUT2D eigenvalue weighted by Gasteiger charge is 2.27. The van der Waals surface area contributed by atoms with Crippen molar-refractivity contribution < 1.29 is 19.0 Å². The maximum atomic E-state index is 15.5. The van der Waals surface area contributed by atoms with E-state index >= 15 is 4.39 Å². The summed E-state index contributed by atoms with van der Waals surface area (Å²) in [5.41, 5.74) is 9.37. The van der Waals surface area contributed by atoms with Crippen LogP contribution in [0.3, 0.4) is 0 Å². The van der Waals surface area contributed by atoms with E-state index in [1.165, 1.54) is 6.20 Å². The van der Waals surface area contributed by atoms with Crippen molar-refractivity contribution in [1.82, 2.24) is 0 Å². The molecule has 0 unspecified atom stereocenters. The smallest absolute Gasteiger partial charge is 0.307 e. The standard InChI is InChI=1S/C27H40FN3O3/c1-6-12-30-16-23(29)17-31-20(5)15-25(28)27(24(8-3)22-10-9-11-22)34-18-21(7-2)13-19(4)14-26(32)33/h7-8,12-13,17,22H,6,9-11,14-16,18,29H2,1-5H3,(H,32,33)/b19-13+,21-7+,23-17+,24-8-,27-25-,30-12?,31-20?. The quantitative estimate of drug-likeness (QED) is 0.173. The summed E-state index contributed by atoms with van der Waals surface area (Å²) in [6, 6.07) is 0. The zero-order valence-corrected chi connectivity index (χ0v) is 21.2. The number of ether oxygens (including phenoxy) is 1. The molecule has 0 aromatic carbocycles. The van der Waals surface area contributed by atoms with Gasteiger partial charge in [-0.3, -0.25) is 14.8 Å². The Morgan fingerprint density at radius 3 is 2.44 bits per heavy atom. The van der Waals surface area contributed by atoms with Gasteiger partial charge in [0, 0.05) is 24.0 Å². The molecule has 6 nitrogen and oxygen atoms in total. The number of hydrogen-bond acceptors (Lipinski definition) is 5. The van der Waals surface area contributed by atoms with Crippen LogP contribution < -0.4 is 5.73 Å². The van der Waals surface area contributed by atoms with Crippen LogP contribution in [0, 0.1) is 5.92 Å². The number of carboxylic acid groups (broad SMARTS) is 1. The van der Waals surface area contributed by atoms with Crippen LogP contribution in [0.4, 0.5) is 4.39 Å². The van der Waals surface area contributed by atoms with Crippen LogP contribution >= 0.6 is 0 Å². The van der Waals surface area contributed by atoms with E-state index in [4.69, 9.17) is 15.6 Å². The molecular formula is C27H40FN3O3. The fourth-order valence-electron chi connectivity index (χ4n) is 3.44. The zero-order chi connectivity index (χ0) is 25.5. The second-order valence-electron chi connectivity index (χ2n) is 8.50. The molecular weight excluding hydrogens is 433 g/mol. The topological polar surface area (TPSA) is 97.3 Å². The van der Waals surface area contributed by atoms with Gasteiger partial charge in [0.1, 0.15) is 12.4 Å². The summed E-state index contributed by atoms with van der Waals surface area (Å²) in [4.78, 5) is 19.4. The number of carbonyl (C=O) groups is 1. The van der Waals surface area contributed by atoms with Gasteiger partial charge in [-0.25, -0.2) is 4.39 Å². The minimum absolute atomic E-state index is 0.0143. The van der Waals surface area contributed by atoms with Gasteiger partial charge in [-0.2, -0.15) is 0 Å². The molecule has 3 N–H and O–H groups in total. The molecule has 0 spiro atoms. The number of nitrogens with zero attached hydrogens (tertiary/aromatic N) is 2. The summed E-state index contributed by atoms with van der Waals surface area (Å²) in [5.74, 6) is -0.721. The van der Waals surface area contributed by atoms with E-state index < -0.39 is 5.97 Å². The monoisotopic (exact) mass is 473 g/mol. The molecule has 0 heterocycles. The fourth-order valence-corrected chi connectivity index (χ4v) is 3.44. The molecule has 0 aromatic rings. The van der Waals surface area contributed by atoms with Crippen LogP contribution in [0.2, 0.25) is 0 Å². The number of hydrogen-bond donors (Lipinski definition) is 2. The zero-order valence-electron chi connectivity index (χ0n) is 21.2. The highest BCUT2D eigenvalue weighted by molar-refractivity contribution is 5.84. The Morgan fingerprint density at radius 1 is 1.21 bits per heavy atom. The molecule has 0 atom stereocenters. The molecule has 0 radical (unpaired) electrons. The molecule has 34 heavy (non-hydrogen) atoms. The number of halogens is 1. The van der Waals surface area contributed by atoms with Crippen molar-refractivity contribution in [2.75, 3.05) is 13.2 Å². The lowest BCUT2D eigenvalue weighted by Gasteiger charge is -2.30. The van der Waals surface area contributed by atoms with Gasteiger partial charge in [0.25, 0.3) is 0 Å². The van der Waals surface area contributed by atoms with Gasteiger partial charge >= 0.3 is 5.97 Å². The molecule has 7 heteroatoms. The average molecular weight is 474 g/mol. The maximum absolute atomic E-state index is 15.5. The number of aliphatic carboxylic acids is 1.